The summed E-state index contributed by atoms with van der Waals surface area (Å²) in [5, 5.41) is 0. The predicted molar refractivity (Wildman–Crippen MR) is 43.0 cm³/mol. The van der Waals surface area contributed by atoms with Crippen LogP contribution in [0.3, 0.4) is 0 Å². The minimum Gasteiger partial charge on any atom is -0.326 e. The first kappa shape index (κ1) is 10.7. The molecule has 0 bridgehead atoms. The Kier molecular flexibility index (Phi) is 2.84. The number of likely N-dealkylation sites (N-methyl/N-ethyl adjacent to an activating group) is 1. The Balaban J connectivity index is 2.72. The zero-order chi connectivity index (χ0) is 10.2. The van der Waals surface area contributed by atoms with Crippen molar-refractivity contribution in [2.45, 2.75) is 18.3 Å². The molecule has 0 aromatic carbocycles. The average Bonchev–Trinajstić information content (AvgIpc) is 1.94. The standard InChI is InChI=1S/C7H14F3N3/c1-13-2-4(7(8,9)10)6(12)5(11)3-13/h4-6H,2-3,11-12H2,1H3. The van der Waals surface area contributed by atoms with E-state index in [1.165, 1.54) is 0 Å². The fourth-order valence-electron chi connectivity index (χ4n) is 1.63. The fourth-order valence-corrected chi connectivity index (χ4v) is 1.63. The van der Waals surface area contributed by atoms with Crippen molar-refractivity contribution in [2.75, 3.05) is 20.1 Å². The van der Waals surface area contributed by atoms with Gasteiger partial charge in [0.1, 0.15) is 0 Å². The second-order valence-electron chi connectivity index (χ2n) is 3.61. The quantitative estimate of drug-likeness (QED) is 0.563. The van der Waals surface area contributed by atoms with E-state index >= 15 is 0 Å². The van der Waals surface area contributed by atoms with Gasteiger partial charge in [0.15, 0.2) is 0 Å². The van der Waals surface area contributed by atoms with E-state index < -0.39 is 24.2 Å². The highest BCUT2D eigenvalue weighted by molar-refractivity contribution is 4.93. The molecule has 4 N–H and O–H groups in total. The van der Waals surface area contributed by atoms with E-state index in [2.05, 4.69) is 0 Å². The van der Waals surface area contributed by atoms with Gasteiger partial charge in [0.05, 0.1) is 5.92 Å². The number of alkyl halides is 3. The summed E-state index contributed by atoms with van der Waals surface area (Å²) in [5.41, 5.74) is 10.9. The molecule has 3 atom stereocenters. The summed E-state index contributed by atoms with van der Waals surface area (Å²) in [5.74, 6) is -1.50. The van der Waals surface area contributed by atoms with Crippen molar-refractivity contribution in [2.24, 2.45) is 17.4 Å². The molecule has 1 fully saturated rings. The molecule has 0 amide bonds. The molecule has 1 rings (SSSR count). The van der Waals surface area contributed by atoms with Crippen LogP contribution in [0, 0.1) is 5.92 Å². The van der Waals surface area contributed by atoms with Crippen molar-refractivity contribution in [3.05, 3.63) is 0 Å². The maximum Gasteiger partial charge on any atom is 0.394 e. The third kappa shape index (κ3) is 2.32. The highest BCUT2D eigenvalue weighted by Gasteiger charge is 2.47. The van der Waals surface area contributed by atoms with Gasteiger partial charge in [-0.25, -0.2) is 0 Å². The molecule has 1 aliphatic heterocycles. The van der Waals surface area contributed by atoms with Gasteiger partial charge in [-0.1, -0.05) is 0 Å². The topological polar surface area (TPSA) is 55.3 Å². The van der Waals surface area contributed by atoms with Crippen LogP contribution < -0.4 is 11.5 Å². The van der Waals surface area contributed by atoms with Crippen molar-refractivity contribution >= 4 is 0 Å². The largest absolute Gasteiger partial charge is 0.394 e. The SMILES string of the molecule is CN1CC(N)C(N)C(C(F)(F)F)C1. The zero-order valence-electron chi connectivity index (χ0n) is 7.38. The molecule has 3 nitrogen and oxygen atoms in total. The molecule has 13 heavy (non-hydrogen) atoms. The van der Waals surface area contributed by atoms with E-state index in [0.29, 0.717) is 6.54 Å². The van der Waals surface area contributed by atoms with Gasteiger partial charge in [0.2, 0.25) is 0 Å². The summed E-state index contributed by atoms with van der Waals surface area (Å²) in [6.45, 7) is 0.367. The number of nitrogens with zero attached hydrogens (tertiary/aromatic N) is 1. The van der Waals surface area contributed by atoms with Gasteiger partial charge in [-0.15, -0.1) is 0 Å². The molecule has 0 aromatic rings. The molecule has 0 aromatic heterocycles. The maximum absolute atomic E-state index is 12.4. The fraction of sp³-hybridized carbons (Fsp3) is 1.00. The van der Waals surface area contributed by atoms with E-state index in [-0.39, 0.29) is 6.54 Å². The normalized spacial score (nSPS) is 37.8. The third-order valence-electron chi connectivity index (χ3n) is 2.41. The monoisotopic (exact) mass is 197 g/mol. The summed E-state index contributed by atoms with van der Waals surface area (Å²) in [6.07, 6.45) is -4.24. The van der Waals surface area contributed by atoms with Crippen LogP contribution in [0.1, 0.15) is 0 Å². The van der Waals surface area contributed by atoms with Gasteiger partial charge in [-0.2, -0.15) is 13.2 Å². The Morgan fingerprint density at radius 2 is 1.77 bits per heavy atom. The molecule has 1 heterocycles. The number of halogens is 3. The molecule has 1 aliphatic rings. The van der Waals surface area contributed by atoms with Crippen LogP contribution in [0.5, 0.6) is 0 Å². The molecule has 6 heteroatoms. The second-order valence-corrected chi connectivity index (χ2v) is 3.61. The van der Waals surface area contributed by atoms with Gasteiger partial charge < -0.3 is 16.4 Å². The number of nitrogens with two attached hydrogens (primary N) is 2. The summed E-state index contributed by atoms with van der Waals surface area (Å²) >= 11 is 0. The van der Waals surface area contributed by atoms with Crippen molar-refractivity contribution in [3.63, 3.8) is 0 Å². The van der Waals surface area contributed by atoms with Crippen LogP contribution in [0.25, 0.3) is 0 Å². The van der Waals surface area contributed by atoms with Crippen LogP contribution in [-0.4, -0.2) is 43.3 Å². The predicted octanol–water partition coefficient (Wildman–Crippen LogP) is -0.235. The highest BCUT2D eigenvalue weighted by atomic mass is 19.4. The van der Waals surface area contributed by atoms with E-state index in [9.17, 15) is 13.2 Å². The lowest BCUT2D eigenvalue weighted by molar-refractivity contribution is -0.191. The van der Waals surface area contributed by atoms with Crippen molar-refractivity contribution < 1.29 is 13.2 Å². The lowest BCUT2D eigenvalue weighted by Crippen LogP contribution is -2.62. The number of piperidine rings is 1. The van der Waals surface area contributed by atoms with Crippen LogP contribution in [0.15, 0.2) is 0 Å². The lowest BCUT2D eigenvalue weighted by atomic mass is 9.89. The number of hydrogen-bond donors (Lipinski definition) is 2. The summed E-state index contributed by atoms with van der Waals surface area (Å²) in [6, 6.07) is -1.57. The van der Waals surface area contributed by atoms with E-state index in [1.807, 2.05) is 0 Å². The Hall–Kier alpha value is -0.330. The first-order valence-electron chi connectivity index (χ1n) is 4.09. The molecule has 0 aliphatic carbocycles. The lowest BCUT2D eigenvalue weighted by Gasteiger charge is -2.39. The maximum atomic E-state index is 12.4. The molecule has 78 valence electrons. The first-order valence-corrected chi connectivity index (χ1v) is 4.09. The molecule has 1 saturated heterocycles. The molecular weight excluding hydrogens is 183 g/mol. The third-order valence-corrected chi connectivity index (χ3v) is 2.41. The van der Waals surface area contributed by atoms with E-state index in [1.54, 1.807) is 11.9 Å². The molecular formula is C7H14F3N3. The number of hydrogen-bond acceptors (Lipinski definition) is 3. The number of likely N-dealkylation sites (tertiary alicyclic amines) is 1. The highest BCUT2D eigenvalue weighted by Crippen LogP contribution is 2.31. The van der Waals surface area contributed by atoms with Gasteiger partial charge in [-0.05, 0) is 7.05 Å². The van der Waals surface area contributed by atoms with Gasteiger partial charge in [-0.3, -0.25) is 0 Å². The van der Waals surface area contributed by atoms with Gasteiger partial charge in [0, 0.05) is 25.2 Å². The average molecular weight is 197 g/mol. The van der Waals surface area contributed by atoms with Gasteiger partial charge in [0.25, 0.3) is 0 Å². The van der Waals surface area contributed by atoms with Crippen molar-refractivity contribution in [1.82, 2.24) is 4.90 Å². The summed E-state index contributed by atoms with van der Waals surface area (Å²) in [7, 11) is 1.62. The molecule has 3 unspecified atom stereocenters. The zero-order valence-corrected chi connectivity index (χ0v) is 7.38. The Bertz CT molecular complexity index is 182. The van der Waals surface area contributed by atoms with Crippen LogP contribution in [0.2, 0.25) is 0 Å². The molecule has 0 saturated carbocycles. The second kappa shape index (κ2) is 3.43. The minimum absolute atomic E-state index is 0.0572. The van der Waals surface area contributed by atoms with E-state index in [0.717, 1.165) is 0 Å². The molecule has 0 spiro atoms. The Labute approximate surface area is 74.9 Å². The van der Waals surface area contributed by atoms with E-state index in [4.69, 9.17) is 11.5 Å². The molecule has 0 radical (unpaired) electrons. The van der Waals surface area contributed by atoms with Crippen LogP contribution in [-0.2, 0) is 0 Å². The smallest absolute Gasteiger partial charge is 0.326 e. The van der Waals surface area contributed by atoms with Crippen LogP contribution >= 0.6 is 0 Å². The Morgan fingerprint density at radius 1 is 1.23 bits per heavy atom. The Morgan fingerprint density at radius 3 is 2.23 bits per heavy atom. The van der Waals surface area contributed by atoms with Crippen molar-refractivity contribution in [3.8, 4) is 0 Å². The van der Waals surface area contributed by atoms with Gasteiger partial charge >= 0.3 is 6.18 Å². The summed E-state index contributed by atoms with van der Waals surface area (Å²) in [4.78, 5) is 1.56. The number of rotatable bonds is 0. The first-order chi connectivity index (χ1) is 5.82. The summed E-state index contributed by atoms with van der Waals surface area (Å²) < 4.78 is 37.1. The minimum atomic E-state index is -4.24. The van der Waals surface area contributed by atoms with Crippen LogP contribution in [0.4, 0.5) is 13.2 Å². The van der Waals surface area contributed by atoms with Crippen molar-refractivity contribution in [1.29, 1.82) is 0 Å².